The maximum absolute atomic E-state index is 13.4. The Labute approximate surface area is 208 Å². The van der Waals surface area contributed by atoms with Crippen molar-refractivity contribution in [1.82, 2.24) is 9.88 Å². The van der Waals surface area contributed by atoms with Gasteiger partial charge in [0.1, 0.15) is 5.75 Å². The molecular weight excluding hydrogens is 488 g/mol. The predicted molar refractivity (Wildman–Crippen MR) is 139 cm³/mol. The molecule has 1 fully saturated rings. The van der Waals surface area contributed by atoms with E-state index in [4.69, 9.17) is 4.74 Å². The second-order valence-electron chi connectivity index (χ2n) is 9.61. The number of aromatic nitrogens is 1. The number of piperidine rings is 1. The normalized spacial score (nSPS) is 21.7. The highest BCUT2D eigenvalue weighted by Gasteiger charge is 2.49. The molecule has 2 aliphatic rings. The van der Waals surface area contributed by atoms with E-state index in [0.717, 1.165) is 48.1 Å². The van der Waals surface area contributed by atoms with Gasteiger partial charge in [-0.1, -0.05) is 46.3 Å². The van der Waals surface area contributed by atoms with E-state index in [1.807, 2.05) is 36.4 Å². The van der Waals surface area contributed by atoms with E-state index >= 15 is 0 Å². The standard InChI is InChI=1S/C29H27BrN2O2/c1-34-23-9-5-8-20(14-23)29-12-13-32(28(33)19-6-3-2-4-7-19)18-21(29)15-24-25-16-22(30)10-11-26(25)31-27(24)17-29/h2-11,14,16,21,31H,12-13,15,17-18H2,1H3/t21?,29-/m1/s1. The first-order valence-corrected chi connectivity index (χ1v) is 12.6. The lowest BCUT2D eigenvalue weighted by atomic mass is 9.58. The number of ether oxygens (including phenoxy) is 1. The number of hydrogen-bond acceptors (Lipinski definition) is 2. The van der Waals surface area contributed by atoms with Gasteiger partial charge in [-0.15, -0.1) is 0 Å². The molecule has 1 aliphatic carbocycles. The Morgan fingerprint density at radius 1 is 1.09 bits per heavy atom. The summed E-state index contributed by atoms with van der Waals surface area (Å²) in [6.45, 7) is 1.51. The Bertz CT molecular complexity index is 1380. The molecule has 4 aromatic rings. The second kappa shape index (κ2) is 8.31. The smallest absolute Gasteiger partial charge is 0.253 e. The largest absolute Gasteiger partial charge is 0.497 e. The molecule has 1 saturated heterocycles. The highest BCUT2D eigenvalue weighted by Crippen LogP contribution is 2.50. The molecule has 0 spiro atoms. The van der Waals surface area contributed by atoms with Crippen LogP contribution in [0.3, 0.4) is 0 Å². The summed E-state index contributed by atoms with van der Waals surface area (Å²) < 4.78 is 6.69. The van der Waals surface area contributed by atoms with E-state index in [1.54, 1.807) is 7.11 Å². The van der Waals surface area contributed by atoms with Crippen molar-refractivity contribution in [1.29, 1.82) is 0 Å². The monoisotopic (exact) mass is 514 g/mol. The van der Waals surface area contributed by atoms with Crippen LogP contribution in [0, 0.1) is 5.92 Å². The third kappa shape index (κ3) is 3.45. The molecule has 1 amide bonds. The van der Waals surface area contributed by atoms with Gasteiger partial charge in [-0.25, -0.2) is 0 Å². The molecular formula is C29H27BrN2O2. The van der Waals surface area contributed by atoms with Crippen LogP contribution in [0.15, 0.2) is 77.3 Å². The molecule has 1 N–H and O–H groups in total. The fraction of sp³-hybridized carbons (Fsp3) is 0.276. The van der Waals surface area contributed by atoms with Gasteiger partial charge < -0.3 is 14.6 Å². The Hall–Kier alpha value is -3.05. The zero-order chi connectivity index (χ0) is 23.3. The van der Waals surface area contributed by atoms with Crippen LogP contribution in [0.2, 0.25) is 0 Å². The molecule has 2 atom stereocenters. The van der Waals surface area contributed by atoms with Crippen LogP contribution < -0.4 is 4.74 Å². The summed E-state index contributed by atoms with van der Waals surface area (Å²) in [6, 6.07) is 24.7. The van der Waals surface area contributed by atoms with Crippen LogP contribution in [0.25, 0.3) is 10.9 Å². The van der Waals surface area contributed by atoms with Gasteiger partial charge in [-0.05, 0) is 78.8 Å². The first-order chi connectivity index (χ1) is 16.6. The fourth-order valence-corrected chi connectivity index (χ4v) is 6.51. The molecule has 6 rings (SSSR count). The van der Waals surface area contributed by atoms with E-state index in [1.165, 1.54) is 27.7 Å². The minimum Gasteiger partial charge on any atom is -0.497 e. The van der Waals surface area contributed by atoms with Crippen molar-refractivity contribution in [2.45, 2.75) is 24.7 Å². The first-order valence-electron chi connectivity index (χ1n) is 11.9. The Morgan fingerprint density at radius 3 is 2.76 bits per heavy atom. The molecule has 172 valence electrons. The lowest BCUT2D eigenvalue weighted by molar-refractivity contribution is 0.0501. The van der Waals surface area contributed by atoms with Crippen molar-refractivity contribution in [2.24, 2.45) is 5.92 Å². The maximum atomic E-state index is 13.4. The summed E-state index contributed by atoms with van der Waals surface area (Å²) in [5.41, 5.74) is 5.96. The van der Waals surface area contributed by atoms with Gasteiger partial charge in [-0.3, -0.25) is 4.79 Å². The van der Waals surface area contributed by atoms with Crippen LogP contribution in [-0.4, -0.2) is 36.0 Å². The molecule has 5 heteroatoms. The molecule has 1 unspecified atom stereocenters. The molecule has 34 heavy (non-hydrogen) atoms. The number of fused-ring (bicyclic) bond motifs is 4. The number of likely N-dealkylation sites (tertiary alicyclic amines) is 1. The molecule has 1 aromatic heterocycles. The average Bonchev–Trinajstić information content (AvgIpc) is 3.23. The number of carbonyl (C=O) groups is 1. The minimum absolute atomic E-state index is 0.0346. The van der Waals surface area contributed by atoms with Gasteiger partial charge in [0.05, 0.1) is 7.11 Å². The highest BCUT2D eigenvalue weighted by atomic mass is 79.9. The van der Waals surface area contributed by atoms with Gasteiger partial charge in [-0.2, -0.15) is 0 Å². The van der Waals surface area contributed by atoms with Crippen molar-refractivity contribution >= 4 is 32.7 Å². The molecule has 0 bridgehead atoms. The van der Waals surface area contributed by atoms with Gasteiger partial charge in [0.2, 0.25) is 0 Å². The van der Waals surface area contributed by atoms with Crippen molar-refractivity contribution in [2.75, 3.05) is 20.2 Å². The Morgan fingerprint density at radius 2 is 1.94 bits per heavy atom. The number of nitrogens with one attached hydrogen (secondary N) is 1. The van der Waals surface area contributed by atoms with E-state index in [-0.39, 0.29) is 11.3 Å². The number of benzene rings is 3. The molecule has 3 aromatic carbocycles. The first kappa shape index (κ1) is 21.5. The molecule has 0 radical (unpaired) electrons. The molecule has 2 heterocycles. The Kier molecular flexibility index (Phi) is 5.25. The van der Waals surface area contributed by atoms with Crippen LogP contribution in [0.1, 0.15) is 33.6 Å². The second-order valence-corrected chi connectivity index (χ2v) is 10.5. The Balaban J connectivity index is 1.44. The van der Waals surface area contributed by atoms with E-state index in [0.29, 0.717) is 5.92 Å². The maximum Gasteiger partial charge on any atom is 0.253 e. The number of aromatic amines is 1. The number of nitrogens with zero attached hydrogens (tertiary/aromatic N) is 1. The summed E-state index contributed by atoms with van der Waals surface area (Å²) in [7, 11) is 1.73. The minimum atomic E-state index is -0.0346. The number of H-pyrrole nitrogens is 1. The van der Waals surface area contributed by atoms with Crippen LogP contribution in [0.5, 0.6) is 5.75 Å². The number of carbonyl (C=O) groups excluding carboxylic acids is 1. The molecule has 4 nitrogen and oxygen atoms in total. The third-order valence-electron chi connectivity index (χ3n) is 7.90. The van der Waals surface area contributed by atoms with Gasteiger partial charge in [0, 0.05) is 45.1 Å². The van der Waals surface area contributed by atoms with Crippen molar-refractivity contribution in [3.8, 4) is 5.75 Å². The summed E-state index contributed by atoms with van der Waals surface area (Å²) in [4.78, 5) is 19.2. The van der Waals surface area contributed by atoms with E-state index < -0.39 is 0 Å². The number of rotatable bonds is 3. The number of halogens is 1. The third-order valence-corrected chi connectivity index (χ3v) is 8.40. The van der Waals surface area contributed by atoms with Gasteiger partial charge in [0.25, 0.3) is 5.91 Å². The summed E-state index contributed by atoms with van der Waals surface area (Å²) in [6.07, 6.45) is 2.82. The summed E-state index contributed by atoms with van der Waals surface area (Å²) in [5, 5.41) is 1.29. The molecule has 1 aliphatic heterocycles. The topological polar surface area (TPSA) is 45.3 Å². The average molecular weight is 515 g/mol. The van der Waals surface area contributed by atoms with E-state index in [2.05, 4.69) is 62.2 Å². The van der Waals surface area contributed by atoms with Crippen molar-refractivity contribution in [3.05, 3.63) is 99.7 Å². The quantitative estimate of drug-likeness (QED) is 0.357. The van der Waals surface area contributed by atoms with Gasteiger partial charge in [0.15, 0.2) is 0 Å². The zero-order valence-electron chi connectivity index (χ0n) is 19.2. The zero-order valence-corrected chi connectivity index (χ0v) is 20.8. The van der Waals surface area contributed by atoms with Crippen molar-refractivity contribution < 1.29 is 9.53 Å². The number of methoxy groups -OCH3 is 1. The van der Waals surface area contributed by atoms with Crippen molar-refractivity contribution in [3.63, 3.8) is 0 Å². The summed E-state index contributed by atoms with van der Waals surface area (Å²) in [5.74, 6) is 1.35. The summed E-state index contributed by atoms with van der Waals surface area (Å²) >= 11 is 3.65. The SMILES string of the molecule is COc1cccc([C@]23CCN(C(=O)c4ccccc4)CC2Cc2c([nH]c4ccc(Br)cc24)C3)c1. The lowest BCUT2D eigenvalue weighted by Crippen LogP contribution is -2.55. The van der Waals surface area contributed by atoms with Crippen LogP contribution in [-0.2, 0) is 18.3 Å². The van der Waals surface area contributed by atoms with Crippen LogP contribution in [0.4, 0.5) is 0 Å². The predicted octanol–water partition coefficient (Wildman–Crippen LogP) is 6.14. The number of amides is 1. The van der Waals surface area contributed by atoms with E-state index in [9.17, 15) is 4.79 Å². The molecule has 0 saturated carbocycles. The highest BCUT2D eigenvalue weighted by molar-refractivity contribution is 9.10. The fourth-order valence-electron chi connectivity index (χ4n) is 6.15. The lowest BCUT2D eigenvalue weighted by Gasteiger charge is -2.51. The number of hydrogen-bond donors (Lipinski definition) is 1. The van der Waals surface area contributed by atoms with Crippen LogP contribution >= 0.6 is 15.9 Å². The van der Waals surface area contributed by atoms with Gasteiger partial charge >= 0.3 is 0 Å².